The Kier molecular flexibility index (Phi) is 7.34. The topological polar surface area (TPSA) is 29.5 Å². The summed E-state index contributed by atoms with van der Waals surface area (Å²) >= 11 is 0. The van der Waals surface area contributed by atoms with Crippen molar-refractivity contribution < 1.29 is 9.84 Å². The SMILES string of the molecule is CCC(C)(Pc1ccc(C)cc1C(C)O)c1cccc(C)c1OCc1ccccc1. The van der Waals surface area contributed by atoms with Crippen molar-refractivity contribution in [1.82, 2.24) is 0 Å². The molecule has 2 nitrogen and oxygen atoms in total. The summed E-state index contributed by atoms with van der Waals surface area (Å²) in [5.74, 6) is 0.990. The van der Waals surface area contributed by atoms with E-state index in [9.17, 15) is 5.11 Å². The number of aliphatic hydroxyl groups is 1. The molecule has 0 saturated heterocycles. The number of aliphatic hydroxyl groups excluding tert-OH is 1. The average Bonchev–Trinajstić information content (AvgIpc) is 2.74. The lowest BCUT2D eigenvalue weighted by Gasteiger charge is -2.33. The van der Waals surface area contributed by atoms with Crippen molar-refractivity contribution in [2.45, 2.75) is 58.9 Å². The molecule has 158 valence electrons. The Hall–Kier alpha value is -2.15. The lowest BCUT2D eigenvalue weighted by atomic mass is 9.94. The van der Waals surface area contributed by atoms with E-state index in [0.29, 0.717) is 15.2 Å². The molecule has 30 heavy (non-hydrogen) atoms. The molecule has 0 amide bonds. The highest BCUT2D eigenvalue weighted by molar-refractivity contribution is 7.48. The van der Waals surface area contributed by atoms with Crippen molar-refractivity contribution in [3.63, 3.8) is 0 Å². The normalized spacial score (nSPS) is 14.6. The van der Waals surface area contributed by atoms with E-state index in [-0.39, 0.29) is 5.16 Å². The van der Waals surface area contributed by atoms with Gasteiger partial charge in [-0.25, -0.2) is 0 Å². The maximum atomic E-state index is 10.4. The fourth-order valence-corrected chi connectivity index (χ4v) is 5.49. The van der Waals surface area contributed by atoms with Gasteiger partial charge in [-0.05, 0) is 49.2 Å². The molecule has 0 saturated carbocycles. The summed E-state index contributed by atoms with van der Waals surface area (Å²) in [7, 11) is 0.538. The maximum absolute atomic E-state index is 10.4. The second-order valence-electron chi connectivity index (χ2n) is 8.30. The zero-order chi connectivity index (χ0) is 21.7. The third-order valence-electron chi connectivity index (χ3n) is 5.81. The van der Waals surface area contributed by atoms with Gasteiger partial charge in [0.1, 0.15) is 12.4 Å². The van der Waals surface area contributed by atoms with E-state index in [4.69, 9.17) is 4.74 Å². The van der Waals surface area contributed by atoms with Crippen LogP contribution in [-0.2, 0) is 11.8 Å². The first-order valence-corrected chi connectivity index (χ1v) is 11.7. The zero-order valence-electron chi connectivity index (χ0n) is 18.7. The number of para-hydroxylation sites is 1. The molecule has 0 spiro atoms. The van der Waals surface area contributed by atoms with Gasteiger partial charge in [0.2, 0.25) is 0 Å². The van der Waals surface area contributed by atoms with Gasteiger partial charge in [0.15, 0.2) is 0 Å². The largest absolute Gasteiger partial charge is 0.488 e. The van der Waals surface area contributed by atoms with Crippen LogP contribution in [-0.4, -0.2) is 5.11 Å². The highest BCUT2D eigenvalue weighted by atomic mass is 31.1. The van der Waals surface area contributed by atoms with Crippen molar-refractivity contribution in [3.05, 3.63) is 94.5 Å². The summed E-state index contributed by atoms with van der Waals surface area (Å²) in [4.78, 5) is 0. The number of rotatable bonds is 8. The van der Waals surface area contributed by atoms with E-state index in [1.54, 1.807) is 0 Å². The molecular weight excluding hydrogens is 387 g/mol. The van der Waals surface area contributed by atoms with Crippen LogP contribution in [0.3, 0.4) is 0 Å². The lowest BCUT2D eigenvalue weighted by Crippen LogP contribution is -2.22. The van der Waals surface area contributed by atoms with Crippen LogP contribution in [0.15, 0.2) is 66.7 Å². The van der Waals surface area contributed by atoms with Crippen molar-refractivity contribution in [1.29, 1.82) is 0 Å². The molecule has 3 aromatic carbocycles. The molecule has 0 fully saturated rings. The van der Waals surface area contributed by atoms with Crippen LogP contribution in [0.1, 0.15) is 61.1 Å². The van der Waals surface area contributed by atoms with Gasteiger partial charge in [0.05, 0.1) is 6.10 Å². The first kappa shape index (κ1) is 22.5. The van der Waals surface area contributed by atoms with Crippen LogP contribution in [0.2, 0.25) is 0 Å². The molecule has 3 heteroatoms. The van der Waals surface area contributed by atoms with Crippen molar-refractivity contribution >= 4 is 13.9 Å². The highest BCUT2D eigenvalue weighted by Gasteiger charge is 2.30. The molecule has 0 aliphatic rings. The summed E-state index contributed by atoms with van der Waals surface area (Å²) in [6.45, 7) is 11.2. The van der Waals surface area contributed by atoms with Crippen molar-refractivity contribution in [2.24, 2.45) is 0 Å². The highest BCUT2D eigenvalue weighted by Crippen LogP contribution is 2.48. The van der Waals surface area contributed by atoms with Gasteiger partial charge in [0, 0.05) is 10.7 Å². The lowest BCUT2D eigenvalue weighted by molar-refractivity contribution is 0.200. The van der Waals surface area contributed by atoms with Gasteiger partial charge in [-0.2, -0.15) is 0 Å². The molecule has 3 unspecified atom stereocenters. The van der Waals surface area contributed by atoms with E-state index in [2.05, 4.69) is 76.2 Å². The summed E-state index contributed by atoms with van der Waals surface area (Å²) < 4.78 is 6.39. The smallest absolute Gasteiger partial charge is 0.126 e. The quantitative estimate of drug-likeness (QED) is 0.418. The minimum atomic E-state index is -0.472. The molecule has 0 aliphatic carbocycles. The fraction of sp³-hybridized carbons (Fsp3) is 0.333. The number of benzene rings is 3. The predicted molar refractivity (Wildman–Crippen MR) is 129 cm³/mol. The van der Waals surface area contributed by atoms with Crippen LogP contribution in [0.5, 0.6) is 5.75 Å². The molecule has 0 aromatic heterocycles. The Bertz CT molecular complexity index is 981. The number of hydrogen-bond donors (Lipinski definition) is 1. The molecular formula is C27H33O2P. The van der Waals surface area contributed by atoms with Gasteiger partial charge in [0.25, 0.3) is 0 Å². The standard InChI is InChI=1S/C27H33O2P/c1-6-27(5,30-25-16-15-19(2)17-23(25)21(4)28)24-14-10-11-20(3)26(24)29-18-22-12-8-7-9-13-22/h7-17,21,28,30H,6,18H2,1-5H3. The predicted octanol–water partition coefficient (Wildman–Crippen LogP) is 6.56. The second kappa shape index (κ2) is 9.77. The molecule has 3 rings (SSSR count). The molecule has 0 bridgehead atoms. The van der Waals surface area contributed by atoms with Crippen molar-refractivity contribution in [2.75, 3.05) is 0 Å². The number of ether oxygens (including phenoxy) is 1. The molecule has 1 N–H and O–H groups in total. The van der Waals surface area contributed by atoms with E-state index < -0.39 is 6.10 Å². The van der Waals surface area contributed by atoms with E-state index in [0.717, 1.165) is 23.3 Å². The van der Waals surface area contributed by atoms with Crippen LogP contribution < -0.4 is 10.0 Å². The fourth-order valence-electron chi connectivity index (χ4n) is 3.79. The number of hydrogen-bond acceptors (Lipinski definition) is 2. The van der Waals surface area contributed by atoms with Crippen LogP contribution in [0.4, 0.5) is 0 Å². The monoisotopic (exact) mass is 420 g/mol. The maximum Gasteiger partial charge on any atom is 0.126 e. The van der Waals surface area contributed by atoms with Crippen LogP contribution >= 0.6 is 8.58 Å². The Morgan fingerprint density at radius 3 is 2.40 bits per heavy atom. The Labute approximate surface area is 183 Å². The van der Waals surface area contributed by atoms with E-state index in [1.807, 2.05) is 25.1 Å². The van der Waals surface area contributed by atoms with Gasteiger partial charge in [-0.15, -0.1) is 0 Å². The summed E-state index contributed by atoms with van der Waals surface area (Å²) in [5.41, 5.74) is 5.79. The summed E-state index contributed by atoms with van der Waals surface area (Å²) in [6, 6.07) is 23.2. The summed E-state index contributed by atoms with van der Waals surface area (Å²) in [5, 5.41) is 11.5. The molecule has 3 atom stereocenters. The summed E-state index contributed by atoms with van der Waals surface area (Å²) in [6.07, 6.45) is 0.517. The number of aryl methyl sites for hydroxylation is 2. The van der Waals surface area contributed by atoms with E-state index in [1.165, 1.54) is 22.0 Å². The zero-order valence-corrected chi connectivity index (χ0v) is 19.7. The molecule has 0 heterocycles. The van der Waals surface area contributed by atoms with Crippen LogP contribution in [0, 0.1) is 13.8 Å². The minimum absolute atomic E-state index is 0.0725. The van der Waals surface area contributed by atoms with Gasteiger partial charge >= 0.3 is 0 Å². The van der Waals surface area contributed by atoms with E-state index >= 15 is 0 Å². The third kappa shape index (κ3) is 5.12. The molecule has 3 aromatic rings. The minimum Gasteiger partial charge on any atom is -0.488 e. The Morgan fingerprint density at radius 1 is 1.00 bits per heavy atom. The Balaban J connectivity index is 1.97. The van der Waals surface area contributed by atoms with Gasteiger partial charge in [-0.3, -0.25) is 0 Å². The van der Waals surface area contributed by atoms with Gasteiger partial charge < -0.3 is 9.84 Å². The van der Waals surface area contributed by atoms with Crippen molar-refractivity contribution in [3.8, 4) is 5.75 Å². The molecule has 0 radical (unpaired) electrons. The second-order valence-corrected chi connectivity index (χ2v) is 10.2. The first-order valence-electron chi connectivity index (χ1n) is 10.7. The van der Waals surface area contributed by atoms with Crippen LogP contribution in [0.25, 0.3) is 0 Å². The Morgan fingerprint density at radius 2 is 1.73 bits per heavy atom. The first-order chi connectivity index (χ1) is 14.3. The molecule has 0 aliphatic heterocycles. The third-order valence-corrected chi connectivity index (χ3v) is 7.71. The van der Waals surface area contributed by atoms with Gasteiger partial charge in [-0.1, -0.05) is 94.7 Å². The average molecular weight is 421 g/mol.